The van der Waals surface area contributed by atoms with Crippen molar-refractivity contribution in [1.82, 2.24) is 10.1 Å². The molecule has 0 spiro atoms. The van der Waals surface area contributed by atoms with Gasteiger partial charge in [0, 0.05) is 29.7 Å². The fraction of sp³-hybridized carbons (Fsp3) is 0.286. The number of nitrogens with one attached hydrogen (secondary N) is 1. The Bertz CT molecular complexity index is 926. The van der Waals surface area contributed by atoms with Crippen molar-refractivity contribution >= 4 is 11.6 Å². The Hall–Kier alpha value is -3.35. The van der Waals surface area contributed by atoms with Gasteiger partial charge < -0.3 is 19.3 Å². The van der Waals surface area contributed by atoms with E-state index in [4.69, 9.17) is 14.0 Å². The lowest BCUT2D eigenvalue weighted by molar-refractivity contribution is 0.102. The van der Waals surface area contributed by atoms with E-state index in [9.17, 15) is 4.79 Å². The molecule has 0 bridgehead atoms. The van der Waals surface area contributed by atoms with Crippen LogP contribution >= 0.6 is 0 Å². The molecular formula is C21H23N3O4. The largest absolute Gasteiger partial charge is 0.497 e. The van der Waals surface area contributed by atoms with E-state index in [1.807, 2.05) is 38.1 Å². The van der Waals surface area contributed by atoms with Gasteiger partial charge in [0.05, 0.1) is 14.2 Å². The van der Waals surface area contributed by atoms with Crippen LogP contribution in [0.1, 0.15) is 47.4 Å². The molecule has 0 aliphatic rings. The molecule has 0 saturated heterocycles. The average Bonchev–Trinajstić information content (AvgIpc) is 3.18. The van der Waals surface area contributed by atoms with Gasteiger partial charge in [-0.2, -0.15) is 4.98 Å². The van der Waals surface area contributed by atoms with E-state index in [-0.39, 0.29) is 11.8 Å². The topological polar surface area (TPSA) is 86.5 Å². The summed E-state index contributed by atoms with van der Waals surface area (Å²) in [5.74, 6) is 2.34. The second-order valence-corrected chi connectivity index (χ2v) is 6.63. The van der Waals surface area contributed by atoms with Crippen molar-refractivity contribution in [1.29, 1.82) is 0 Å². The van der Waals surface area contributed by atoms with Crippen LogP contribution in [-0.2, 0) is 6.42 Å². The average molecular weight is 381 g/mol. The normalized spacial score (nSPS) is 10.8. The summed E-state index contributed by atoms with van der Waals surface area (Å²) in [5.41, 5.74) is 2.16. The highest BCUT2D eigenvalue weighted by Crippen LogP contribution is 2.23. The van der Waals surface area contributed by atoms with Crippen molar-refractivity contribution < 1.29 is 18.8 Å². The number of aromatic nitrogens is 2. The van der Waals surface area contributed by atoms with Crippen LogP contribution < -0.4 is 14.8 Å². The van der Waals surface area contributed by atoms with Crippen molar-refractivity contribution in [3.05, 3.63) is 65.3 Å². The highest BCUT2D eigenvalue weighted by Gasteiger charge is 2.12. The Morgan fingerprint density at radius 2 is 1.71 bits per heavy atom. The molecule has 0 fully saturated rings. The maximum absolute atomic E-state index is 12.5. The van der Waals surface area contributed by atoms with Crippen LogP contribution in [0.3, 0.4) is 0 Å². The second kappa shape index (κ2) is 8.56. The van der Waals surface area contributed by atoms with E-state index < -0.39 is 0 Å². The summed E-state index contributed by atoms with van der Waals surface area (Å²) < 4.78 is 15.6. The lowest BCUT2D eigenvalue weighted by Gasteiger charge is -2.09. The van der Waals surface area contributed by atoms with Crippen molar-refractivity contribution in [2.45, 2.75) is 26.2 Å². The van der Waals surface area contributed by atoms with Crippen molar-refractivity contribution in [3.63, 3.8) is 0 Å². The van der Waals surface area contributed by atoms with Gasteiger partial charge >= 0.3 is 0 Å². The first-order chi connectivity index (χ1) is 13.5. The van der Waals surface area contributed by atoms with Crippen LogP contribution in [0, 0.1) is 0 Å². The highest BCUT2D eigenvalue weighted by atomic mass is 16.5. The summed E-state index contributed by atoms with van der Waals surface area (Å²) in [6.45, 7) is 4.01. The zero-order valence-corrected chi connectivity index (χ0v) is 16.4. The number of methoxy groups -OCH3 is 2. The number of rotatable bonds is 7. The molecule has 0 unspecified atom stereocenters. The molecule has 1 N–H and O–H groups in total. The van der Waals surface area contributed by atoms with Gasteiger partial charge in [-0.1, -0.05) is 31.1 Å². The third-order valence-corrected chi connectivity index (χ3v) is 4.17. The van der Waals surface area contributed by atoms with Gasteiger partial charge in [-0.15, -0.1) is 0 Å². The number of ether oxygens (including phenoxy) is 2. The zero-order chi connectivity index (χ0) is 20.1. The maximum atomic E-state index is 12.5. The van der Waals surface area contributed by atoms with Gasteiger partial charge in [0.25, 0.3) is 5.91 Å². The smallest absolute Gasteiger partial charge is 0.255 e. The molecular weight excluding hydrogens is 358 g/mol. The van der Waals surface area contributed by atoms with Gasteiger partial charge in [0.1, 0.15) is 11.5 Å². The Kier molecular flexibility index (Phi) is 5.93. The number of carbonyl (C=O) groups is 1. The minimum absolute atomic E-state index is 0.203. The van der Waals surface area contributed by atoms with Crippen LogP contribution in [0.25, 0.3) is 0 Å². The number of carbonyl (C=O) groups excluding carboxylic acids is 1. The molecule has 0 radical (unpaired) electrons. The van der Waals surface area contributed by atoms with E-state index >= 15 is 0 Å². The molecule has 0 aliphatic heterocycles. The number of benzene rings is 2. The predicted molar refractivity (Wildman–Crippen MR) is 105 cm³/mol. The molecule has 146 valence electrons. The zero-order valence-electron chi connectivity index (χ0n) is 16.4. The summed E-state index contributed by atoms with van der Waals surface area (Å²) in [6, 6.07) is 12.6. The fourth-order valence-electron chi connectivity index (χ4n) is 2.60. The molecule has 7 nitrogen and oxygen atoms in total. The minimum Gasteiger partial charge on any atom is -0.497 e. The number of hydrogen-bond donors (Lipinski definition) is 1. The number of hydrogen-bond acceptors (Lipinski definition) is 6. The monoisotopic (exact) mass is 381 g/mol. The van der Waals surface area contributed by atoms with Crippen molar-refractivity contribution in [2.75, 3.05) is 19.5 Å². The first kappa shape index (κ1) is 19.4. The Balaban J connectivity index is 1.67. The predicted octanol–water partition coefficient (Wildman–Crippen LogP) is 4.05. The Morgan fingerprint density at radius 3 is 2.25 bits per heavy atom. The lowest BCUT2D eigenvalue weighted by atomic mass is 10.1. The molecule has 1 aromatic heterocycles. The standard InChI is InChI=1S/C21H23N3O4/c1-13(2)21-23-19(24-28-21)9-14-5-7-16(8-6-14)22-20(25)15-10-17(26-3)12-18(11-15)27-4/h5-8,10-13H,9H2,1-4H3,(H,22,25). The van der Waals surface area contributed by atoms with E-state index in [0.717, 1.165) is 5.56 Å². The summed E-state index contributed by atoms with van der Waals surface area (Å²) in [7, 11) is 3.09. The van der Waals surface area contributed by atoms with E-state index in [0.29, 0.717) is 40.9 Å². The van der Waals surface area contributed by atoms with Gasteiger partial charge in [-0.25, -0.2) is 0 Å². The summed E-state index contributed by atoms with van der Waals surface area (Å²) >= 11 is 0. The Labute approximate surface area is 163 Å². The maximum Gasteiger partial charge on any atom is 0.255 e. The van der Waals surface area contributed by atoms with Crippen molar-refractivity contribution in [2.24, 2.45) is 0 Å². The molecule has 1 amide bonds. The lowest BCUT2D eigenvalue weighted by Crippen LogP contribution is -2.12. The minimum atomic E-state index is -0.246. The molecule has 28 heavy (non-hydrogen) atoms. The highest BCUT2D eigenvalue weighted by molar-refractivity contribution is 6.04. The fourth-order valence-corrected chi connectivity index (χ4v) is 2.60. The van der Waals surface area contributed by atoms with Crippen LogP contribution in [0.15, 0.2) is 47.0 Å². The van der Waals surface area contributed by atoms with E-state index in [1.165, 1.54) is 0 Å². The number of nitrogens with zero attached hydrogens (tertiary/aromatic N) is 2. The third kappa shape index (κ3) is 4.68. The first-order valence-corrected chi connectivity index (χ1v) is 8.94. The number of amides is 1. The van der Waals surface area contributed by atoms with Crippen LogP contribution in [0.4, 0.5) is 5.69 Å². The quantitative estimate of drug-likeness (QED) is 0.664. The van der Waals surface area contributed by atoms with E-state index in [2.05, 4.69) is 15.5 Å². The Morgan fingerprint density at radius 1 is 1.07 bits per heavy atom. The second-order valence-electron chi connectivity index (χ2n) is 6.63. The molecule has 7 heteroatoms. The van der Waals surface area contributed by atoms with Crippen molar-refractivity contribution in [3.8, 4) is 11.5 Å². The van der Waals surface area contributed by atoms with Crippen LogP contribution in [0.5, 0.6) is 11.5 Å². The molecule has 2 aromatic carbocycles. The number of anilines is 1. The first-order valence-electron chi connectivity index (χ1n) is 8.94. The van der Waals surface area contributed by atoms with Gasteiger partial charge in [0.15, 0.2) is 5.82 Å². The van der Waals surface area contributed by atoms with Gasteiger partial charge in [-0.3, -0.25) is 4.79 Å². The molecule has 0 saturated carbocycles. The van der Waals surface area contributed by atoms with Gasteiger partial charge in [-0.05, 0) is 29.8 Å². The summed E-state index contributed by atoms with van der Waals surface area (Å²) in [4.78, 5) is 16.9. The molecule has 1 heterocycles. The SMILES string of the molecule is COc1cc(OC)cc(C(=O)Nc2ccc(Cc3noc(C(C)C)n3)cc2)c1. The molecule has 0 atom stereocenters. The van der Waals surface area contributed by atoms with Gasteiger partial charge in [0.2, 0.25) is 5.89 Å². The van der Waals surface area contributed by atoms with E-state index in [1.54, 1.807) is 32.4 Å². The van der Waals surface area contributed by atoms with Crippen LogP contribution in [-0.4, -0.2) is 30.3 Å². The summed E-state index contributed by atoms with van der Waals surface area (Å²) in [5, 5.41) is 6.87. The molecule has 3 aromatic rings. The van der Waals surface area contributed by atoms with Crippen LogP contribution in [0.2, 0.25) is 0 Å². The summed E-state index contributed by atoms with van der Waals surface area (Å²) in [6.07, 6.45) is 0.567. The molecule has 0 aliphatic carbocycles. The third-order valence-electron chi connectivity index (χ3n) is 4.17. The molecule has 3 rings (SSSR count).